The lowest BCUT2D eigenvalue weighted by Crippen LogP contribution is -2.45. The number of nitrogens with zero attached hydrogens (tertiary/aromatic N) is 2. The van der Waals surface area contributed by atoms with E-state index in [1.165, 1.54) is 6.42 Å². The molecule has 3 rings (SSSR count). The van der Waals surface area contributed by atoms with Gasteiger partial charge in [0, 0.05) is 30.4 Å². The first kappa shape index (κ1) is 14.5. The van der Waals surface area contributed by atoms with E-state index in [-0.39, 0.29) is 24.0 Å². The number of hydrogen-bond donors (Lipinski definition) is 1. The minimum absolute atomic E-state index is 0.0841. The van der Waals surface area contributed by atoms with Crippen LogP contribution in [0, 0.1) is 12.8 Å². The molecule has 1 aliphatic heterocycles. The van der Waals surface area contributed by atoms with Gasteiger partial charge in [-0.05, 0) is 44.7 Å². The van der Waals surface area contributed by atoms with Crippen LogP contribution in [0.2, 0.25) is 0 Å². The molecule has 0 spiro atoms. The van der Waals surface area contributed by atoms with E-state index in [1.807, 2.05) is 24.0 Å². The highest BCUT2D eigenvalue weighted by atomic mass is 16.3. The molecule has 1 N–H and O–H groups in total. The second-order valence-corrected chi connectivity index (χ2v) is 6.36. The number of aliphatic hydroxyl groups is 1. The average molecular weight is 288 g/mol. The predicted molar refractivity (Wildman–Crippen MR) is 81.0 cm³/mol. The number of carbonyl (C=O) groups excluding carboxylic acids is 1. The van der Waals surface area contributed by atoms with Crippen LogP contribution >= 0.6 is 0 Å². The van der Waals surface area contributed by atoms with E-state index in [2.05, 4.69) is 4.98 Å². The Balaban J connectivity index is 1.80. The van der Waals surface area contributed by atoms with Crippen molar-refractivity contribution in [3.63, 3.8) is 0 Å². The van der Waals surface area contributed by atoms with E-state index in [9.17, 15) is 9.90 Å². The second kappa shape index (κ2) is 6.14. The van der Waals surface area contributed by atoms with Crippen molar-refractivity contribution < 1.29 is 9.90 Å². The van der Waals surface area contributed by atoms with Crippen molar-refractivity contribution in [1.29, 1.82) is 0 Å². The number of aryl methyl sites for hydroxylation is 1. The smallest absolute Gasteiger partial charge is 0.255 e. The van der Waals surface area contributed by atoms with Crippen LogP contribution in [-0.4, -0.2) is 39.6 Å². The van der Waals surface area contributed by atoms with E-state index in [1.54, 1.807) is 6.20 Å². The van der Waals surface area contributed by atoms with E-state index in [0.29, 0.717) is 5.56 Å². The molecule has 0 aromatic carbocycles. The summed E-state index contributed by atoms with van der Waals surface area (Å²) in [7, 11) is 0. The van der Waals surface area contributed by atoms with Gasteiger partial charge in [0.25, 0.3) is 5.91 Å². The van der Waals surface area contributed by atoms with Crippen molar-refractivity contribution in [2.24, 2.45) is 5.92 Å². The maximum absolute atomic E-state index is 12.8. The van der Waals surface area contributed by atoms with Gasteiger partial charge < -0.3 is 10.0 Å². The van der Waals surface area contributed by atoms with Crippen molar-refractivity contribution in [1.82, 2.24) is 9.88 Å². The number of rotatable bonds is 2. The molecule has 1 aliphatic carbocycles. The third-order valence-electron chi connectivity index (χ3n) is 5.07. The monoisotopic (exact) mass is 288 g/mol. The van der Waals surface area contributed by atoms with Crippen LogP contribution in [0.3, 0.4) is 0 Å². The zero-order chi connectivity index (χ0) is 14.8. The average Bonchev–Trinajstić information content (AvgIpc) is 2.97. The molecule has 114 valence electrons. The van der Waals surface area contributed by atoms with Gasteiger partial charge in [-0.25, -0.2) is 0 Å². The highest BCUT2D eigenvalue weighted by Crippen LogP contribution is 2.35. The molecule has 1 aromatic rings. The summed E-state index contributed by atoms with van der Waals surface area (Å²) >= 11 is 0. The summed E-state index contributed by atoms with van der Waals surface area (Å²) in [5.74, 6) is 0.336. The van der Waals surface area contributed by atoms with Crippen LogP contribution in [0.4, 0.5) is 0 Å². The topological polar surface area (TPSA) is 53.4 Å². The summed E-state index contributed by atoms with van der Waals surface area (Å²) in [4.78, 5) is 19.0. The minimum Gasteiger partial charge on any atom is -0.393 e. The lowest BCUT2D eigenvalue weighted by Gasteiger charge is -2.37. The molecule has 2 aliphatic rings. The third-order valence-corrected chi connectivity index (χ3v) is 5.07. The molecule has 21 heavy (non-hydrogen) atoms. The summed E-state index contributed by atoms with van der Waals surface area (Å²) in [6.07, 6.45) is 7.75. The fourth-order valence-corrected chi connectivity index (χ4v) is 3.94. The van der Waals surface area contributed by atoms with Gasteiger partial charge in [-0.2, -0.15) is 0 Å². The molecule has 3 unspecified atom stereocenters. The number of aromatic nitrogens is 1. The Morgan fingerprint density at radius 3 is 2.86 bits per heavy atom. The van der Waals surface area contributed by atoms with E-state index >= 15 is 0 Å². The van der Waals surface area contributed by atoms with Gasteiger partial charge >= 0.3 is 0 Å². The molecule has 4 nitrogen and oxygen atoms in total. The fraction of sp³-hybridized carbons (Fsp3) is 0.647. The number of pyridine rings is 1. The first-order valence-electron chi connectivity index (χ1n) is 8.09. The van der Waals surface area contributed by atoms with Gasteiger partial charge in [0.2, 0.25) is 0 Å². The molecule has 2 heterocycles. The van der Waals surface area contributed by atoms with Crippen LogP contribution in [-0.2, 0) is 0 Å². The number of likely N-dealkylation sites (tertiary alicyclic amines) is 1. The van der Waals surface area contributed by atoms with Gasteiger partial charge in [-0.3, -0.25) is 9.78 Å². The van der Waals surface area contributed by atoms with Crippen LogP contribution in [0.15, 0.2) is 18.3 Å². The van der Waals surface area contributed by atoms with Crippen LogP contribution in [0.25, 0.3) is 0 Å². The molecule has 2 fully saturated rings. The van der Waals surface area contributed by atoms with E-state index in [0.717, 1.165) is 44.3 Å². The highest BCUT2D eigenvalue weighted by Gasteiger charge is 2.39. The lowest BCUT2D eigenvalue weighted by molar-refractivity contribution is 0.0211. The van der Waals surface area contributed by atoms with E-state index < -0.39 is 0 Å². The van der Waals surface area contributed by atoms with Crippen molar-refractivity contribution in [2.75, 3.05) is 6.54 Å². The maximum atomic E-state index is 12.8. The zero-order valence-electron chi connectivity index (χ0n) is 12.7. The number of carbonyl (C=O) groups is 1. The Morgan fingerprint density at radius 1 is 1.29 bits per heavy atom. The first-order chi connectivity index (χ1) is 10.2. The Labute approximate surface area is 126 Å². The van der Waals surface area contributed by atoms with Crippen LogP contribution in [0.5, 0.6) is 0 Å². The summed E-state index contributed by atoms with van der Waals surface area (Å²) in [5.41, 5.74) is 1.49. The van der Waals surface area contributed by atoms with Gasteiger partial charge in [-0.15, -0.1) is 0 Å². The fourth-order valence-electron chi connectivity index (χ4n) is 3.94. The number of amides is 1. The van der Waals surface area contributed by atoms with Crippen molar-refractivity contribution in [3.05, 3.63) is 29.6 Å². The van der Waals surface area contributed by atoms with Crippen molar-refractivity contribution >= 4 is 5.91 Å². The Bertz CT molecular complexity index is 517. The molecular formula is C17H24N2O2. The van der Waals surface area contributed by atoms with Gasteiger partial charge in [0.05, 0.1) is 11.7 Å². The van der Waals surface area contributed by atoms with Gasteiger partial charge in [-0.1, -0.05) is 12.8 Å². The van der Waals surface area contributed by atoms with Crippen molar-refractivity contribution in [2.45, 2.75) is 57.6 Å². The molecule has 3 atom stereocenters. The first-order valence-corrected chi connectivity index (χ1v) is 8.09. The number of hydrogen-bond acceptors (Lipinski definition) is 3. The largest absolute Gasteiger partial charge is 0.393 e. The zero-order valence-corrected chi connectivity index (χ0v) is 12.7. The Morgan fingerprint density at radius 2 is 2.10 bits per heavy atom. The highest BCUT2D eigenvalue weighted by molar-refractivity contribution is 5.95. The molecular weight excluding hydrogens is 264 g/mol. The lowest BCUT2D eigenvalue weighted by atomic mass is 9.80. The molecule has 1 amide bonds. The predicted octanol–water partition coefficient (Wildman–Crippen LogP) is 2.55. The minimum atomic E-state index is -0.243. The quantitative estimate of drug-likeness (QED) is 0.910. The van der Waals surface area contributed by atoms with Crippen LogP contribution in [0.1, 0.15) is 54.6 Å². The van der Waals surface area contributed by atoms with Gasteiger partial charge in [0.1, 0.15) is 0 Å². The summed E-state index contributed by atoms with van der Waals surface area (Å²) in [6, 6.07) is 3.88. The summed E-state index contributed by atoms with van der Waals surface area (Å²) in [5, 5.41) is 10.3. The Hall–Kier alpha value is -1.42. The van der Waals surface area contributed by atoms with E-state index in [4.69, 9.17) is 0 Å². The maximum Gasteiger partial charge on any atom is 0.255 e. The molecule has 0 radical (unpaired) electrons. The summed E-state index contributed by atoms with van der Waals surface area (Å²) < 4.78 is 0. The summed E-state index contributed by atoms with van der Waals surface area (Å²) in [6.45, 7) is 2.69. The molecule has 1 saturated carbocycles. The standard InChI is InChI=1S/C17H24N2O2/c1-12-13(7-4-10-18-12)17(21)19-11-5-8-15(19)14-6-2-3-9-16(14)20/h4,7,10,14-16,20H,2-3,5-6,8-9,11H2,1H3. The molecule has 0 bridgehead atoms. The number of aliphatic hydroxyl groups excluding tert-OH is 1. The van der Waals surface area contributed by atoms with Crippen molar-refractivity contribution in [3.8, 4) is 0 Å². The van der Waals surface area contributed by atoms with Gasteiger partial charge in [0.15, 0.2) is 0 Å². The van der Waals surface area contributed by atoms with Crippen LogP contribution < -0.4 is 0 Å². The molecule has 4 heteroatoms. The molecule has 1 saturated heterocycles. The second-order valence-electron chi connectivity index (χ2n) is 6.36. The normalized spacial score (nSPS) is 29.6. The molecule has 1 aromatic heterocycles. The Kier molecular flexibility index (Phi) is 4.24. The SMILES string of the molecule is Cc1ncccc1C(=O)N1CCCC1C1CCCCC1O. The third kappa shape index (κ3) is 2.82.